The number of hydrogen-bond donors (Lipinski definition) is 1. The Balaban J connectivity index is 1.40. The monoisotopic (exact) mass is 622 g/mol. The van der Waals surface area contributed by atoms with E-state index in [1.807, 2.05) is 18.2 Å². The molecule has 0 aromatic heterocycles. The van der Waals surface area contributed by atoms with Crippen molar-refractivity contribution in [2.24, 2.45) is 11.8 Å². The van der Waals surface area contributed by atoms with Crippen LogP contribution in [0.25, 0.3) is 0 Å². The van der Waals surface area contributed by atoms with Crippen molar-refractivity contribution in [2.75, 3.05) is 44.9 Å². The molecule has 0 unspecified atom stereocenters. The molecule has 4 aliphatic rings. The van der Waals surface area contributed by atoms with Crippen molar-refractivity contribution in [3.05, 3.63) is 70.8 Å². The molecule has 2 aliphatic carbocycles. The molecule has 1 fully saturated rings. The number of carbonyl (C=O) groups is 1. The average molecular weight is 623 g/mol. The third-order valence-electron chi connectivity index (χ3n) is 10.3. The summed E-state index contributed by atoms with van der Waals surface area (Å²) < 4.78 is 46.8. The molecule has 0 saturated heterocycles. The second-order valence-electron chi connectivity index (χ2n) is 13.3. The smallest absolute Gasteiger partial charge is 0.264 e. The van der Waals surface area contributed by atoms with Gasteiger partial charge in [-0.15, -0.1) is 0 Å². The molecule has 1 amide bonds. The van der Waals surface area contributed by atoms with Crippen LogP contribution in [0.5, 0.6) is 5.75 Å². The normalized spacial score (nSPS) is 30.6. The molecular formula is C35H46N2O6S. The summed E-state index contributed by atoms with van der Waals surface area (Å²) >= 11 is 0. The van der Waals surface area contributed by atoms with E-state index in [0.717, 1.165) is 56.6 Å². The van der Waals surface area contributed by atoms with Crippen LogP contribution in [0.15, 0.2) is 48.6 Å². The molecule has 5 atom stereocenters. The highest BCUT2D eigenvalue weighted by Gasteiger charge is 2.44. The van der Waals surface area contributed by atoms with Gasteiger partial charge in [-0.1, -0.05) is 35.9 Å². The minimum absolute atomic E-state index is 0.0650. The minimum atomic E-state index is -3.85. The van der Waals surface area contributed by atoms with Crippen LogP contribution in [0.4, 0.5) is 5.69 Å². The van der Waals surface area contributed by atoms with Gasteiger partial charge in [0.25, 0.3) is 5.91 Å². The lowest BCUT2D eigenvalue weighted by Crippen LogP contribution is -2.49. The summed E-state index contributed by atoms with van der Waals surface area (Å²) in [6, 6.07) is 12.2. The number of fused-ring (bicyclic) bond motifs is 4. The molecule has 1 spiro atoms. The Morgan fingerprint density at radius 1 is 1.11 bits per heavy atom. The zero-order valence-corrected chi connectivity index (χ0v) is 27.0. The predicted molar refractivity (Wildman–Crippen MR) is 172 cm³/mol. The highest BCUT2D eigenvalue weighted by atomic mass is 32.2. The SMILES string of the molecule is COCCO[C@H]1/C=C/CC[C@@H](C)S(=O)(=O)NC(=O)c2ccc3c(c2)N(C[C@@H]2CC[C@H]21)C[C@@]1(CCCc2cc(C)ccc21)CO3. The second-order valence-corrected chi connectivity index (χ2v) is 15.4. The second kappa shape index (κ2) is 12.9. The van der Waals surface area contributed by atoms with Gasteiger partial charge >= 0.3 is 0 Å². The van der Waals surface area contributed by atoms with Gasteiger partial charge in [0.15, 0.2) is 0 Å². The van der Waals surface area contributed by atoms with Crippen LogP contribution in [-0.2, 0) is 31.3 Å². The number of carbonyl (C=O) groups excluding carboxylic acids is 1. The first-order chi connectivity index (χ1) is 21.2. The largest absolute Gasteiger partial charge is 0.490 e. The molecule has 9 heteroatoms. The van der Waals surface area contributed by atoms with Gasteiger partial charge in [-0.3, -0.25) is 4.79 Å². The lowest BCUT2D eigenvalue weighted by molar-refractivity contribution is -0.0309. The zero-order chi connectivity index (χ0) is 30.9. The molecule has 44 heavy (non-hydrogen) atoms. The predicted octanol–water partition coefficient (Wildman–Crippen LogP) is 5.32. The number of sulfonamides is 1. The summed E-state index contributed by atoms with van der Waals surface area (Å²) in [5, 5.41) is -0.719. The van der Waals surface area contributed by atoms with E-state index >= 15 is 0 Å². The number of benzene rings is 2. The summed E-state index contributed by atoms with van der Waals surface area (Å²) in [5.41, 5.74) is 5.02. The van der Waals surface area contributed by atoms with Crippen LogP contribution in [0, 0.1) is 18.8 Å². The Morgan fingerprint density at radius 2 is 1.98 bits per heavy atom. The Bertz CT molecular complexity index is 1510. The van der Waals surface area contributed by atoms with Gasteiger partial charge < -0.3 is 19.1 Å². The summed E-state index contributed by atoms with van der Waals surface area (Å²) in [4.78, 5) is 15.8. The first-order valence-electron chi connectivity index (χ1n) is 16.1. The number of allylic oxidation sites excluding steroid dienone is 1. The van der Waals surface area contributed by atoms with Gasteiger partial charge in [-0.05, 0) is 100.0 Å². The van der Waals surface area contributed by atoms with Crippen LogP contribution in [-0.4, -0.2) is 65.7 Å². The summed E-state index contributed by atoms with van der Waals surface area (Å²) in [7, 11) is -2.17. The molecule has 238 valence electrons. The van der Waals surface area contributed by atoms with Crippen molar-refractivity contribution >= 4 is 21.6 Å². The van der Waals surface area contributed by atoms with Crippen LogP contribution >= 0.6 is 0 Å². The van der Waals surface area contributed by atoms with E-state index in [2.05, 4.69) is 40.8 Å². The number of aryl methyl sites for hydroxylation is 2. The topological polar surface area (TPSA) is 94.2 Å². The van der Waals surface area contributed by atoms with E-state index < -0.39 is 21.2 Å². The number of rotatable bonds is 4. The quantitative estimate of drug-likeness (QED) is 0.364. The van der Waals surface area contributed by atoms with E-state index in [0.29, 0.717) is 50.1 Å². The number of nitrogens with zero attached hydrogens (tertiary/aromatic N) is 1. The van der Waals surface area contributed by atoms with Gasteiger partial charge in [0.2, 0.25) is 10.0 Å². The van der Waals surface area contributed by atoms with Crippen LogP contribution in [0.3, 0.4) is 0 Å². The maximum Gasteiger partial charge on any atom is 0.264 e. The Kier molecular flexibility index (Phi) is 9.09. The third kappa shape index (κ3) is 6.28. The Labute approximate surface area is 262 Å². The van der Waals surface area contributed by atoms with E-state index in [-0.39, 0.29) is 11.5 Å². The minimum Gasteiger partial charge on any atom is -0.490 e. The number of hydrogen-bond acceptors (Lipinski definition) is 7. The van der Waals surface area contributed by atoms with Crippen molar-refractivity contribution in [2.45, 2.75) is 75.6 Å². The van der Waals surface area contributed by atoms with Crippen LogP contribution in [0.2, 0.25) is 0 Å². The van der Waals surface area contributed by atoms with Crippen LogP contribution in [0.1, 0.15) is 72.5 Å². The van der Waals surface area contributed by atoms with Crippen molar-refractivity contribution in [1.29, 1.82) is 0 Å². The number of anilines is 1. The average Bonchev–Trinajstić information content (AvgIpc) is 3.13. The van der Waals surface area contributed by atoms with Gasteiger partial charge in [0, 0.05) is 31.2 Å². The Morgan fingerprint density at radius 3 is 2.77 bits per heavy atom. The number of ether oxygens (including phenoxy) is 3. The van der Waals surface area contributed by atoms with Gasteiger partial charge in [0.1, 0.15) is 5.75 Å². The highest BCUT2D eigenvalue weighted by molar-refractivity contribution is 7.90. The van der Waals surface area contributed by atoms with Crippen molar-refractivity contribution in [3.8, 4) is 5.75 Å². The fraction of sp³-hybridized carbons (Fsp3) is 0.571. The molecule has 0 radical (unpaired) electrons. The van der Waals surface area contributed by atoms with E-state index in [1.165, 1.54) is 16.7 Å². The molecule has 1 N–H and O–H groups in total. The van der Waals surface area contributed by atoms with E-state index in [1.54, 1.807) is 20.1 Å². The highest BCUT2D eigenvalue weighted by Crippen LogP contribution is 2.46. The molecule has 2 aliphatic heterocycles. The molecule has 2 aromatic carbocycles. The summed E-state index contributed by atoms with van der Waals surface area (Å²) in [6.07, 6.45) is 10.5. The molecule has 8 nitrogen and oxygen atoms in total. The lowest BCUT2D eigenvalue weighted by Gasteiger charge is -2.46. The van der Waals surface area contributed by atoms with Crippen molar-refractivity contribution in [1.82, 2.24) is 4.72 Å². The number of methoxy groups -OCH3 is 1. The summed E-state index contributed by atoms with van der Waals surface area (Å²) in [6.45, 7) is 6.97. The standard InChI is InChI=1S/C35H46N2O6S/c1-24-10-14-30-26(19-24)8-6-16-35(30)22-37-21-28-11-13-29(28)32(42-18-17-41-3)9-5-4-7-25(2)44(39,40)36-34(38)27-12-15-33(43-23-35)31(37)20-27/h5,9-10,12,14-15,19-20,25,28-29,32H,4,6-8,11,13,16-18,21-23H2,1-3H3,(H,36,38)/b9-5+/t25-,28+,29-,32+,35+/m1/s1. The molecule has 2 bridgehead atoms. The van der Waals surface area contributed by atoms with Gasteiger partial charge in [-0.25, -0.2) is 13.1 Å². The molecule has 1 saturated carbocycles. The Hall–Kier alpha value is -2.88. The molecular weight excluding hydrogens is 576 g/mol. The van der Waals surface area contributed by atoms with E-state index in [4.69, 9.17) is 14.2 Å². The maximum absolute atomic E-state index is 13.3. The summed E-state index contributed by atoms with van der Waals surface area (Å²) in [5.74, 6) is 0.876. The van der Waals surface area contributed by atoms with Gasteiger partial charge in [0.05, 0.1) is 36.9 Å². The lowest BCUT2D eigenvalue weighted by atomic mass is 9.68. The maximum atomic E-state index is 13.3. The fourth-order valence-electron chi connectivity index (χ4n) is 7.55. The van der Waals surface area contributed by atoms with E-state index in [9.17, 15) is 13.2 Å². The van der Waals surface area contributed by atoms with Gasteiger partial charge in [-0.2, -0.15) is 0 Å². The number of nitrogens with one attached hydrogen (secondary N) is 1. The molecule has 2 heterocycles. The molecule has 2 aromatic rings. The van der Waals surface area contributed by atoms with Crippen molar-refractivity contribution < 1.29 is 27.4 Å². The van der Waals surface area contributed by atoms with Crippen molar-refractivity contribution in [3.63, 3.8) is 0 Å². The number of amides is 1. The zero-order valence-electron chi connectivity index (χ0n) is 26.2. The first-order valence-corrected chi connectivity index (χ1v) is 17.7. The molecule has 6 rings (SSSR count). The van der Waals surface area contributed by atoms with Crippen LogP contribution < -0.4 is 14.4 Å². The third-order valence-corrected chi connectivity index (χ3v) is 12.0. The fourth-order valence-corrected chi connectivity index (χ4v) is 8.57. The first kappa shape index (κ1) is 31.1.